The number of aldehydes is 1. The summed E-state index contributed by atoms with van der Waals surface area (Å²) >= 11 is 0. The Balaban J connectivity index is 2.13. The number of carbonyl (C=O) groups excluding carboxylic acids is 2. The van der Waals surface area contributed by atoms with Crippen molar-refractivity contribution in [2.24, 2.45) is 0 Å². The molecule has 0 fully saturated rings. The molecule has 0 N–H and O–H groups in total. The van der Waals surface area contributed by atoms with E-state index in [-0.39, 0.29) is 17.0 Å². The second-order valence-electron chi connectivity index (χ2n) is 4.26. The first kappa shape index (κ1) is 15.1. The third-order valence-corrected chi connectivity index (χ3v) is 2.75. The minimum Gasteiger partial charge on any atom is -0.423 e. The van der Waals surface area contributed by atoms with Crippen LogP contribution in [0, 0.1) is 10.1 Å². The SMILES string of the molecule is O=Cc1cc([N+](=O)[O-])ccc1OC(=O)/C=C/c1ccccc1. The number of rotatable bonds is 5. The Morgan fingerprint density at radius 3 is 2.50 bits per heavy atom. The quantitative estimate of drug-likeness (QED) is 0.211. The third kappa shape index (κ3) is 3.86. The van der Waals surface area contributed by atoms with E-state index < -0.39 is 10.9 Å². The monoisotopic (exact) mass is 297 g/mol. The van der Waals surface area contributed by atoms with Gasteiger partial charge in [0.1, 0.15) is 5.75 Å². The minimum atomic E-state index is -0.680. The number of hydrogen-bond acceptors (Lipinski definition) is 5. The molecular weight excluding hydrogens is 286 g/mol. The predicted octanol–water partition coefficient (Wildman–Crippen LogP) is 3.03. The summed E-state index contributed by atoms with van der Waals surface area (Å²) in [6.07, 6.45) is 3.18. The molecule has 0 aliphatic carbocycles. The van der Waals surface area contributed by atoms with E-state index in [4.69, 9.17) is 4.74 Å². The van der Waals surface area contributed by atoms with Gasteiger partial charge in [-0.2, -0.15) is 0 Å². The smallest absolute Gasteiger partial charge is 0.336 e. The van der Waals surface area contributed by atoms with Crippen molar-refractivity contribution in [3.05, 3.63) is 75.8 Å². The molecule has 0 spiro atoms. The van der Waals surface area contributed by atoms with Gasteiger partial charge in [0.25, 0.3) is 5.69 Å². The van der Waals surface area contributed by atoms with Crippen LogP contribution in [0.4, 0.5) is 5.69 Å². The summed E-state index contributed by atoms with van der Waals surface area (Å²) in [7, 11) is 0. The number of benzene rings is 2. The van der Waals surface area contributed by atoms with Crippen molar-refractivity contribution in [1.82, 2.24) is 0 Å². The molecule has 22 heavy (non-hydrogen) atoms. The Kier molecular flexibility index (Phi) is 4.77. The van der Waals surface area contributed by atoms with Crippen LogP contribution in [0.2, 0.25) is 0 Å². The Bertz CT molecular complexity index is 737. The molecule has 6 nitrogen and oxygen atoms in total. The number of ether oxygens (including phenoxy) is 1. The lowest BCUT2D eigenvalue weighted by atomic mass is 10.2. The molecule has 0 aromatic heterocycles. The zero-order chi connectivity index (χ0) is 15.9. The molecule has 6 heteroatoms. The van der Waals surface area contributed by atoms with Gasteiger partial charge in [-0.25, -0.2) is 4.79 Å². The van der Waals surface area contributed by atoms with Crippen molar-refractivity contribution >= 4 is 24.0 Å². The highest BCUT2D eigenvalue weighted by molar-refractivity contribution is 5.90. The van der Waals surface area contributed by atoms with E-state index in [1.54, 1.807) is 6.08 Å². The van der Waals surface area contributed by atoms with Crippen molar-refractivity contribution in [3.63, 3.8) is 0 Å². The molecule has 0 radical (unpaired) electrons. The zero-order valence-electron chi connectivity index (χ0n) is 11.3. The van der Waals surface area contributed by atoms with Crippen LogP contribution >= 0.6 is 0 Å². The Morgan fingerprint density at radius 1 is 1.14 bits per heavy atom. The summed E-state index contributed by atoms with van der Waals surface area (Å²) in [5, 5.41) is 10.6. The summed E-state index contributed by atoms with van der Waals surface area (Å²) in [5.41, 5.74) is 0.510. The van der Waals surface area contributed by atoms with E-state index in [0.29, 0.717) is 6.29 Å². The summed E-state index contributed by atoms with van der Waals surface area (Å²) in [6.45, 7) is 0. The van der Waals surface area contributed by atoms with Gasteiger partial charge >= 0.3 is 5.97 Å². The number of non-ortho nitro benzene ring substituents is 1. The zero-order valence-corrected chi connectivity index (χ0v) is 11.3. The lowest BCUT2D eigenvalue weighted by Gasteiger charge is -2.04. The van der Waals surface area contributed by atoms with Gasteiger partial charge in [0.15, 0.2) is 6.29 Å². The van der Waals surface area contributed by atoms with Crippen LogP contribution < -0.4 is 4.74 Å². The molecule has 0 unspecified atom stereocenters. The molecule has 0 bridgehead atoms. The van der Waals surface area contributed by atoms with E-state index in [0.717, 1.165) is 17.7 Å². The fraction of sp³-hybridized carbons (Fsp3) is 0. The summed E-state index contributed by atoms with van der Waals surface area (Å²) < 4.78 is 5.01. The molecule has 110 valence electrons. The number of nitro benzene ring substituents is 1. The van der Waals surface area contributed by atoms with Crippen LogP contribution in [0.5, 0.6) is 5.75 Å². The molecular formula is C16H11NO5. The van der Waals surface area contributed by atoms with Crippen molar-refractivity contribution in [1.29, 1.82) is 0 Å². The van der Waals surface area contributed by atoms with E-state index in [1.807, 2.05) is 30.3 Å². The van der Waals surface area contributed by atoms with E-state index in [2.05, 4.69) is 0 Å². The van der Waals surface area contributed by atoms with Crippen LogP contribution in [-0.2, 0) is 4.79 Å². The average molecular weight is 297 g/mol. The number of hydrogen-bond donors (Lipinski definition) is 0. The lowest BCUT2D eigenvalue weighted by Crippen LogP contribution is -2.06. The van der Waals surface area contributed by atoms with Gasteiger partial charge in [-0.1, -0.05) is 30.3 Å². The molecule has 0 aliphatic heterocycles. The highest BCUT2D eigenvalue weighted by atomic mass is 16.6. The minimum absolute atomic E-state index is 0.0247. The first-order valence-corrected chi connectivity index (χ1v) is 6.28. The summed E-state index contributed by atoms with van der Waals surface area (Å²) in [5.74, 6) is -0.705. The fourth-order valence-corrected chi connectivity index (χ4v) is 1.71. The van der Waals surface area contributed by atoms with Crippen molar-refractivity contribution in [3.8, 4) is 5.75 Å². The largest absolute Gasteiger partial charge is 0.423 e. The van der Waals surface area contributed by atoms with Crippen LogP contribution in [-0.4, -0.2) is 17.2 Å². The maximum absolute atomic E-state index is 11.7. The van der Waals surface area contributed by atoms with Gasteiger partial charge in [0.05, 0.1) is 10.5 Å². The van der Waals surface area contributed by atoms with Crippen LogP contribution in [0.3, 0.4) is 0 Å². The number of esters is 1. The Labute approximate surface area is 125 Å². The molecule has 0 aliphatic rings. The average Bonchev–Trinajstić information content (AvgIpc) is 2.54. The van der Waals surface area contributed by atoms with Crippen molar-refractivity contribution in [2.45, 2.75) is 0 Å². The number of nitrogens with zero attached hydrogens (tertiary/aromatic N) is 1. The van der Waals surface area contributed by atoms with Crippen LogP contribution in [0.1, 0.15) is 15.9 Å². The van der Waals surface area contributed by atoms with Gasteiger partial charge in [-0.05, 0) is 17.7 Å². The fourth-order valence-electron chi connectivity index (χ4n) is 1.71. The van der Waals surface area contributed by atoms with Crippen molar-refractivity contribution in [2.75, 3.05) is 0 Å². The van der Waals surface area contributed by atoms with E-state index >= 15 is 0 Å². The Hall–Kier alpha value is -3.28. The maximum Gasteiger partial charge on any atom is 0.336 e. The summed E-state index contributed by atoms with van der Waals surface area (Å²) in [4.78, 5) is 32.6. The van der Waals surface area contributed by atoms with Crippen molar-refractivity contribution < 1.29 is 19.2 Å². The van der Waals surface area contributed by atoms with Gasteiger partial charge in [0, 0.05) is 18.2 Å². The first-order chi connectivity index (χ1) is 10.6. The highest BCUT2D eigenvalue weighted by Gasteiger charge is 2.13. The molecule has 2 aromatic carbocycles. The predicted molar refractivity (Wildman–Crippen MR) is 79.6 cm³/mol. The normalized spacial score (nSPS) is 10.4. The first-order valence-electron chi connectivity index (χ1n) is 6.28. The highest BCUT2D eigenvalue weighted by Crippen LogP contribution is 2.23. The Morgan fingerprint density at radius 2 is 1.86 bits per heavy atom. The molecule has 0 atom stereocenters. The topological polar surface area (TPSA) is 86.5 Å². The van der Waals surface area contributed by atoms with E-state index in [9.17, 15) is 19.7 Å². The maximum atomic E-state index is 11.7. The molecule has 0 saturated heterocycles. The molecule has 0 heterocycles. The van der Waals surface area contributed by atoms with Gasteiger partial charge < -0.3 is 4.74 Å². The molecule has 0 amide bonds. The van der Waals surface area contributed by atoms with Gasteiger partial charge in [-0.15, -0.1) is 0 Å². The molecule has 0 saturated carbocycles. The standard InChI is InChI=1S/C16H11NO5/c18-11-13-10-14(17(20)21)7-8-15(13)22-16(19)9-6-12-4-2-1-3-5-12/h1-11H/b9-6+. The van der Waals surface area contributed by atoms with Gasteiger partial charge in [0.2, 0.25) is 0 Å². The van der Waals surface area contributed by atoms with Crippen LogP contribution in [0.25, 0.3) is 6.08 Å². The molecule has 2 rings (SSSR count). The van der Waals surface area contributed by atoms with Gasteiger partial charge in [-0.3, -0.25) is 14.9 Å². The second kappa shape index (κ2) is 6.94. The molecule has 2 aromatic rings. The number of carbonyl (C=O) groups is 2. The van der Waals surface area contributed by atoms with Crippen LogP contribution in [0.15, 0.2) is 54.6 Å². The lowest BCUT2D eigenvalue weighted by molar-refractivity contribution is -0.384. The number of nitro groups is 1. The summed E-state index contributed by atoms with van der Waals surface area (Å²) in [6, 6.07) is 12.6. The van der Waals surface area contributed by atoms with E-state index in [1.165, 1.54) is 12.1 Å². The third-order valence-electron chi connectivity index (χ3n) is 2.75. The second-order valence-corrected chi connectivity index (χ2v) is 4.26.